The van der Waals surface area contributed by atoms with Crippen LogP contribution in [-0.4, -0.2) is 15.3 Å². The number of benzene rings is 1. The Hall–Kier alpha value is -3.91. The second-order valence-electron chi connectivity index (χ2n) is 8.00. The monoisotopic (exact) mass is 531 g/mol. The quantitative estimate of drug-likeness (QED) is 0.202. The van der Waals surface area contributed by atoms with E-state index in [2.05, 4.69) is 4.98 Å². The Labute approximate surface area is 212 Å². The molecule has 0 saturated carbocycles. The highest BCUT2D eigenvalue weighted by molar-refractivity contribution is 7.99. The molecule has 0 atom stereocenters. The van der Waals surface area contributed by atoms with Crippen molar-refractivity contribution in [1.82, 2.24) is 9.55 Å². The number of pyridine rings is 2. The highest BCUT2D eigenvalue weighted by atomic mass is 32.2. The minimum absolute atomic E-state index is 0.116. The average molecular weight is 532 g/mol. The van der Waals surface area contributed by atoms with Gasteiger partial charge in [-0.2, -0.15) is 18.4 Å². The molecule has 0 unspecified atom stereocenters. The molecule has 0 spiro atoms. The van der Waals surface area contributed by atoms with Crippen molar-refractivity contribution in [3.63, 3.8) is 0 Å². The number of alkyl halides is 3. The molecule has 4 rings (SSSR count). The summed E-state index contributed by atoms with van der Waals surface area (Å²) in [5, 5.41) is 10.2. The van der Waals surface area contributed by atoms with E-state index in [1.54, 1.807) is 18.0 Å². The van der Waals surface area contributed by atoms with Gasteiger partial charge in [0.2, 0.25) is 0 Å². The van der Waals surface area contributed by atoms with E-state index in [-0.39, 0.29) is 22.8 Å². The third-order valence-electron chi connectivity index (χ3n) is 5.52. The van der Waals surface area contributed by atoms with Gasteiger partial charge in [-0.05, 0) is 48.6 Å². The van der Waals surface area contributed by atoms with Crippen LogP contribution in [0.5, 0.6) is 0 Å². The van der Waals surface area contributed by atoms with Crippen LogP contribution < -0.4 is 5.56 Å². The highest BCUT2D eigenvalue weighted by Crippen LogP contribution is 2.36. The van der Waals surface area contributed by atoms with Crippen LogP contribution in [0.4, 0.5) is 22.0 Å². The SMILES string of the molecule is CCSc1ncc(-c2ccc(-c3cc(C(F)(F)F)c(C#N)c(=O)n3Cc3ccc(F)cc3F)o2)cc1C. The van der Waals surface area contributed by atoms with Crippen molar-refractivity contribution in [3.05, 3.63) is 92.9 Å². The smallest absolute Gasteiger partial charge is 0.417 e. The van der Waals surface area contributed by atoms with Crippen molar-refractivity contribution in [1.29, 1.82) is 5.26 Å². The summed E-state index contributed by atoms with van der Waals surface area (Å²) in [5.74, 6) is -0.868. The molecule has 0 N–H and O–H groups in total. The Balaban J connectivity index is 1.89. The summed E-state index contributed by atoms with van der Waals surface area (Å²) in [6, 6.07) is 9.24. The molecule has 0 bridgehead atoms. The number of thioether (sulfide) groups is 1. The van der Waals surface area contributed by atoms with Gasteiger partial charge in [0.1, 0.15) is 29.0 Å². The third kappa shape index (κ3) is 5.29. The van der Waals surface area contributed by atoms with Crippen LogP contribution in [0.3, 0.4) is 0 Å². The molecular weight excluding hydrogens is 513 g/mol. The maximum absolute atomic E-state index is 14.4. The number of hydrogen-bond donors (Lipinski definition) is 0. The maximum atomic E-state index is 14.4. The first kappa shape index (κ1) is 26.2. The first-order valence-electron chi connectivity index (χ1n) is 10.9. The maximum Gasteiger partial charge on any atom is 0.417 e. The first-order chi connectivity index (χ1) is 17.5. The second kappa shape index (κ2) is 10.2. The van der Waals surface area contributed by atoms with E-state index >= 15 is 0 Å². The zero-order chi connectivity index (χ0) is 26.9. The summed E-state index contributed by atoms with van der Waals surface area (Å²) in [6.07, 6.45) is -3.45. The van der Waals surface area contributed by atoms with Crippen molar-refractivity contribution in [2.24, 2.45) is 0 Å². The van der Waals surface area contributed by atoms with Gasteiger partial charge < -0.3 is 4.42 Å². The topological polar surface area (TPSA) is 71.8 Å². The van der Waals surface area contributed by atoms with Gasteiger partial charge in [0.25, 0.3) is 5.56 Å². The Morgan fingerprint density at radius 1 is 1.11 bits per heavy atom. The second-order valence-corrected chi connectivity index (χ2v) is 9.25. The molecule has 0 amide bonds. The number of furan rings is 1. The largest absolute Gasteiger partial charge is 0.454 e. The molecule has 0 aliphatic rings. The van der Waals surface area contributed by atoms with Gasteiger partial charge in [0.05, 0.1) is 22.8 Å². The van der Waals surface area contributed by atoms with Crippen LogP contribution in [0.15, 0.2) is 62.9 Å². The molecule has 0 saturated heterocycles. The molecule has 11 heteroatoms. The van der Waals surface area contributed by atoms with Crippen LogP contribution in [0, 0.1) is 29.9 Å². The van der Waals surface area contributed by atoms with Gasteiger partial charge in [0, 0.05) is 23.4 Å². The zero-order valence-electron chi connectivity index (χ0n) is 19.5. The van der Waals surface area contributed by atoms with Crippen molar-refractivity contribution in [2.75, 3.05) is 5.75 Å². The predicted molar refractivity (Wildman–Crippen MR) is 128 cm³/mol. The molecule has 0 fully saturated rings. The van der Waals surface area contributed by atoms with E-state index in [0.717, 1.165) is 33.0 Å². The zero-order valence-corrected chi connectivity index (χ0v) is 20.3. The van der Waals surface area contributed by atoms with E-state index < -0.39 is 41.0 Å². The molecular formula is C26H18F5N3O2S. The first-order valence-corrected chi connectivity index (χ1v) is 11.9. The molecule has 1 aromatic carbocycles. The van der Waals surface area contributed by atoms with Crippen molar-refractivity contribution in [3.8, 4) is 28.8 Å². The molecule has 0 radical (unpaired) electrons. The van der Waals surface area contributed by atoms with Crippen LogP contribution in [0.25, 0.3) is 22.8 Å². The van der Waals surface area contributed by atoms with Gasteiger partial charge in [-0.15, -0.1) is 11.8 Å². The molecule has 4 aromatic rings. The van der Waals surface area contributed by atoms with Gasteiger partial charge in [-0.3, -0.25) is 9.36 Å². The number of nitrogens with zero attached hydrogens (tertiary/aromatic N) is 3. The van der Waals surface area contributed by atoms with Gasteiger partial charge >= 0.3 is 6.18 Å². The lowest BCUT2D eigenvalue weighted by atomic mass is 10.1. The van der Waals surface area contributed by atoms with Gasteiger partial charge in [-0.1, -0.05) is 13.0 Å². The number of hydrogen-bond acceptors (Lipinski definition) is 5. The molecule has 0 aliphatic carbocycles. The minimum atomic E-state index is -5.01. The lowest BCUT2D eigenvalue weighted by Gasteiger charge is -2.16. The van der Waals surface area contributed by atoms with Crippen LogP contribution in [0.2, 0.25) is 0 Å². The van der Waals surface area contributed by atoms with Crippen molar-refractivity contribution < 1.29 is 26.4 Å². The lowest BCUT2D eigenvalue weighted by molar-refractivity contribution is -0.137. The summed E-state index contributed by atoms with van der Waals surface area (Å²) in [7, 11) is 0. The van der Waals surface area contributed by atoms with Gasteiger partial charge in [-0.25, -0.2) is 13.8 Å². The lowest BCUT2D eigenvalue weighted by Crippen LogP contribution is -2.29. The molecule has 0 aliphatic heterocycles. The summed E-state index contributed by atoms with van der Waals surface area (Å²) in [4.78, 5) is 17.4. The normalized spacial score (nSPS) is 11.5. The summed E-state index contributed by atoms with van der Waals surface area (Å²) in [5.41, 5.74) is -2.92. The molecule has 37 heavy (non-hydrogen) atoms. The van der Waals surface area contributed by atoms with Crippen molar-refractivity contribution >= 4 is 11.8 Å². The van der Waals surface area contributed by atoms with E-state index in [1.165, 1.54) is 18.2 Å². The molecule has 5 nitrogen and oxygen atoms in total. The summed E-state index contributed by atoms with van der Waals surface area (Å²) >= 11 is 1.55. The fourth-order valence-corrected chi connectivity index (χ4v) is 4.46. The van der Waals surface area contributed by atoms with Gasteiger partial charge in [0.15, 0.2) is 5.76 Å². The summed E-state index contributed by atoms with van der Waals surface area (Å²) in [6.45, 7) is 3.29. The number of nitriles is 1. The standard InChI is InChI=1S/C26H18F5N3O2S/c1-3-37-24-14(2)8-16(12-33-24)22-6-7-23(36-22)21-10-19(26(29,30)31)18(11-32)25(35)34(21)13-15-4-5-17(27)9-20(15)28/h4-10,12H,3,13H2,1-2H3. The number of rotatable bonds is 6. The van der Waals surface area contributed by atoms with Crippen molar-refractivity contribution in [2.45, 2.75) is 31.6 Å². The fraction of sp³-hybridized carbons (Fsp3) is 0.192. The summed E-state index contributed by atoms with van der Waals surface area (Å²) < 4.78 is 75.6. The van der Waals surface area contributed by atoms with E-state index in [0.29, 0.717) is 17.7 Å². The molecule has 190 valence electrons. The van der Waals surface area contributed by atoms with Crippen LogP contribution >= 0.6 is 11.8 Å². The van der Waals surface area contributed by atoms with E-state index in [4.69, 9.17) is 4.42 Å². The molecule has 3 aromatic heterocycles. The predicted octanol–water partition coefficient (Wildman–Crippen LogP) is 6.81. The van der Waals surface area contributed by atoms with E-state index in [9.17, 15) is 32.0 Å². The highest BCUT2D eigenvalue weighted by Gasteiger charge is 2.37. The van der Waals surface area contributed by atoms with Crippen LogP contribution in [0.1, 0.15) is 29.2 Å². The van der Waals surface area contributed by atoms with Crippen LogP contribution in [-0.2, 0) is 12.7 Å². The molecule has 3 heterocycles. The fourth-order valence-electron chi connectivity index (χ4n) is 3.77. The Bertz CT molecular complexity index is 1580. The number of aryl methyl sites for hydroxylation is 1. The Morgan fingerprint density at radius 2 is 1.84 bits per heavy atom. The minimum Gasteiger partial charge on any atom is -0.454 e. The number of halogens is 5. The average Bonchev–Trinajstić information content (AvgIpc) is 3.32. The number of aromatic nitrogens is 2. The third-order valence-corrected chi connectivity index (χ3v) is 6.50. The Kier molecular flexibility index (Phi) is 7.23. The van der Waals surface area contributed by atoms with E-state index in [1.807, 2.05) is 19.9 Å². The Morgan fingerprint density at radius 3 is 2.46 bits per heavy atom.